The standard InChI is InChI=1S/C10H7F3O2/c11-10(12,13)15-9-6-2-1-4-8(9)5-3-7-14/h1-4,6H,5H2. The van der Waals surface area contributed by atoms with Crippen molar-refractivity contribution in [2.24, 2.45) is 0 Å². The number of carbonyl (C=O) groups excluding carboxylic acids is 1. The van der Waals surface area contributed by atoms with Gasteiger partial charge in [-0.05, 0) is 11.6 Å². The minimum Gasteiger partial charge on any atom is -0.405 e. The van der Waals surface area contributed by atoms with Crippen LogP contribution in [0.15, 0.2) is 30.3 Å². The van der Waals surface area contributed by atoms with Gasteiger partial charge in [0, 0.05) is 12.5 Å². The molecule has 0 unspecified atom stereocenters. The zero-order valence-corrected chi connectivity index (χ0v) is 7.54. The van der Waals surface area contributed by atoms with Gasteiger partial charge in [0.2, 0.25) is 0 Å². The highest BCUT2D eigenvalue weighted by atomic mass is 19.4. The first-order valence-electron chi connectivity index (χ1n) is 4.06. The largest absolute Gasteiger partial charge is 0.573 e. The molecule has 0 aromatic heterocycles. The predicted octanol–water partition coefficient (Wildman–Crippen LogP) is 2.52. The molecule has 0 amide bonds. The van der Waals surface area contributed by atoms with Crippen LogP contribution >= 0.6 is 0 Å². The maximum Gasteiger partial charge on any atom is 0.573 e. The van der Waals surface area contributed by atoms with Crippen molar-refractivity contribution in [2.45, 2.75) is 12.8 Å². The van der Waals surface area contributed by atoms with E-state index in [9.17, 15) is 18.0 Å². The number of halogens is 3. The van der Waals surface area contributed by atoms with Gasteiger partial charge in [0.25, 0.3) is 0 Å². The summed E-state index contributed by atoms with van der Waals surface area (Å²) in [6.45, 7) is 0. The van der Waals surface area contributed by atoms with E-state index in [1.54, 1.807) is 6.07 Å². The van der Waals surface area contributed by atoms with Crippen molar-refractivity contribution in [3.63, 3.8) is 0 Å². The Morgan fingerprint density at radius 1 is 1.33 bits per heavy atom. The molecule has 0 saturated carbocycles. The smallest absolute Gasteiger partial charge is 0.405 e. The molecule has 0 aliphatic rings. The minimum absolute atomic E-state index is 0.0652. The van der Waals surface area contributed by atoms with E-state index < -0.39 is 6.36 Å². The molecule has 0 saturated heterocycles. The predicted molar refractivity (Wildman–Crippen MR) is 47.1 cm³/mol. The normalized spacial score (nSPS) is 10.6. The molecule has 0 heterocycles. The fourth-order valence-electron chi connectivity index (χ4n) is 1.05. The zero-order valence-electron chi connectivity index (χ0n) is 7.54. The Bertz CT molecular complexity index is 378. The summed E-state index contributed by atoms with van der Waals surface area (Å²) in [6.07, 6.45) is -3.56. The molecule has 2 nitrogen and oxygen atoms in total. The lowest BCUT2D eigenvalue weighted by Gasteiger charge is -2.11. The number of hydrogen-bond donors (Lipinski definition) is 0. The van der Waals surface area contributed by atoms with Crippen LogP contribution in [0.2, 0.25) is 0 Å². The second-order valence-corrected chi connectivity index (χ2v) is 2.68. The van der Waals surface area contributed by atoms with E-state index in [1.165, 1.54) is 24.1 Å². The average Bonchev–Trinajstić information content (AvgIpc) is 2.14. The highest BCUT2D eigenvalue weighted by Gasteiger charge is 2.31. The van der Waals surface area contributed by atoms with E-state index in [4.69, 9.17) is 0 Å². The SMILES string of the molecule is O=C=CCc1ccccc1OC(F)(F)F. The number of benzene rings is 1. The molecule has 80 valence electrons. The van der Waals surface area contributed by atoms with Crippen LogP contribution in [0.3, 0.4) is 0 Å². The van der Waals surface area contributed by atoms with Gasteiger partial charge in [0.15, 0.2) is 0 Å². The fourth-order valence-corrected chi connectivity index (χ4v) is 1.05. The molecule has 1 aromatic carbocycles. The second kappa shape index (κ2) is 4.66. The van der Waals surface area contributed by atoms with Gasteiger partial charge in [-0.2, -0.15) is 0 Å². The molecule has 0 fully saturated rings. The zero-order chi connectivity index (χ0) is 11.3. The molecule has 0 N–H and O–H groups in total. The van der Waals surface area contributed by atoms with Gasteiger partial charge < -0.3 is 4.74 Å². The molecule has 5 heteroatoms. The van der Waals surface area contributed by atoms with Crippen LogP contribution in [-0.2, 0) is 11.2 Å². The lowest BCUT2D eigenvalue weighted by molar-refractivity contribution is -0.274. The van der Waals surface area contributed by atoms with Crippen molar-refractivity contribution in [1.82, 2.24) is 0 Å². The number of hydrogen-bond acceptors (Lipinski definition) is 2. The molecule has 0 radical (unpaired) electrons. The van der Waals surface area contributed by atoms with E-state index in [0.717, 1.165) is 6.08 Å². The van der Waals surface area contributed by atoms with Gasteiger partial charge in [0.05, 0.1) is 0 Å². The third-order valence-electron chi connectivity index (χ3n) is 1.60. The summed E-state index contributed by atoms with van der Waals surface area (Å²) in [7, 11) is 0. The lowest BCUT2D eigenvalue weighted by atomic mass is 10.1. The number of ether oxygens (including phenoxy) is 1. The molecule has 0 atom stereocenters. The molecular weight excluding hydrogens is 209 g/mol. The van der Waals surface area contributed by atoms with Crippen molar-refractivity contribution in [3.8, 4) is 5.75 Å². The van der Waals surface area contributed by atoms with Crippen molar-refractivity contribution in [3.05, 3.63) is 35.9 Å². The van der Waals surface area contributed by atoms with E-state index in [0.29, 0.717) is 0 Å². The lowest BCUT2D eigenvalue weighted by Crippen LogP contribution is -2.18. The monoisotopic (exact) mass is 216 g/mol. The number of para-hydroxylation sites is 1. The Kier molecular flexibility index (Phi) is 3.52. The summed E-state index contributed by atoms with van der Waals surface area (Å²) in [5, 5.41) is 0. The first-order chi connectivity index (χ1) is 7.03. The Morgan fingerprint density at radius 2 is 2.00 bits per heavy atom. The van der Waals surface area contributed by atoms with Gasteiger partial charge in [-0.3, -0.25) is 0 Å². The van der Waals surface area contributed by atoms with Crippen molar-refractivity contribution < 1.29 is 22.7 Å². The summed E-state index contributed by atoms with van der Waals surface area (Å²) >= 11 is 0. The van der Waals surface area contributed by atoms with Gasteiger partial charge in [-0.25, -0.2) is 4.79 Å². The highest BCUT2D eigenvalue weighted by Crippen LogP contribution is 2.26. The van der Waals surface area contributed by atoms with Gasteiger partial charge in [-0.15, -0.1) is 13.2 Å². The minimum atomic E-state index is -4.72. The third kappa shape index (κ3) is 3.87. The van der Waals surface area contributed by atoms with Crippen LogP contribution in [0.1, 0.15) is 5.56 Å². The van der Waals surface area contributed by atoms with Gasteiger partial charge in [-0.1, -0.05) is 18.2 Å². The summed E-state index contributed by atoms with van der Waals surface area (Å²) in [6, 6.07) is 5.64. The quantitative estimate of drug-likeness (QED) is 0.725. The molecule has 1 aromatic rings. The van der Waals surface area contributed by atoms with Crippen LogP contribution < -0.4 is 4.74 Å². The molecular formula is C10H7F3O2. The summed E-state index contributed by atoms with van der Waals surface area (Å²) < 4.78 is 39.6. The number of rotatable bonds is 3. The van der Waals surface area contributed by atoms with Crippen LogP contribution in [0.25, 0.3) is 0 Å². The van der Waals surface area contributed by atoms with E-state index >= 15 is 0 Å². The number of allylic oxidation sites excluding steroid dienone is 1. The summed E-state index contributed by atoms with van der Waals surface area (Å²) in [5.74, 6) is 1.20. The number of alkyl halides is 3. The maximum atomic E-state index is 11.9. The molecule has 0 aliphatic carbocycles. The Balaban J connectivity index is 2.90. The van der Waals surface area contributed by atoms with Crippen molar-refractivity contribution in [2.75, 3.05) is 0 Å². The van der Waals surface area contributed by atoms with Crippen LogP contribution in [0, 0.1) is 0 Å². The molecule has 0 bridgehead atoms. The van der Waals surface area contributed by atoms with Gasteiger partial charge in [0.1, 0.15) is 11.7 Å². The van der Waals surface area contributed by atoms with Crippen LogP contribution in [0.5, 0.6) is 5.75 Å². The van der Waals surface area contributed by atoms with E-state index in [2.05, 4.69) is 4.74 Å². The first kappa shape index (κ1) is 11.3. The molecule has 15 heavy (non-hydrogen) atoms. The fraction of sp³-hybridized carbons (Fsp3) is 0.200. The first-order valence-corrected chi connectivity index (χ1v) is 4.06. The average molecular weight is 216 g/mol. The van der Waals surface area contributed by atoms with E-state index in [-0.39, 0.29) is 17.7 Å². The van der Waals surface area contributed by atoms with Crippen LogP contribution in [-0.4, -0.2) is 12.3 Å². The maximum absolute atomic E-state index is 11.9. The summed E-state index contributed by atoms with van der Waals surface area (Å²) in [4.78, 5) is 9.93. The molecule has 0 spiro atoms. The second-order valence-electron chi connectivity index (χ2n) is 2.68. The van der Waals surface area contributed by atoms with Crippen molar-refractivity contribution >= 4 is 5.94 Å². The Morgan fingerprint density at radius 3 is 2.60 bits per heavy atom. The van der Waals surface area contributed by atoms with E-state index in [1.807, 2.05) is 0 Å². The van der Waals surface area contributed by atoms with Crippen molar-refractivity contribution in [1.29, 1.82) is 0 Å². The third-order valence-corrected chi connectivity index (χ3v) is 1.60. The Hall–Kier alpha value is -1.74. The molecule has 1 rings (SSSR count). The Labute approximate surface area is 84.0 Å². The van der Waals surface area contributed by atoms with Gasteiger partial charge >= 0.3 is 6.36 Å². The molecule has 0 aliphatic heterocycles. The summed E-state index contributed by atoms with van der Waals surface area (Å²) in [5.41, 5.74) is 0.290. The topological polar surface area (TPSA) is 26.3 Å². The highest BCUT2D eigenvalue weighted by molar-refractivity contribution is 5.47. The van der Waals surface area contributed by atoms with Crippen LogP contribution in [0.4, 0.5) is 13.2 Å².